The van der Waals surface area contributed by atoms with Crippen LogP contribution in [0.25, 0.3) is 0 Å². The van der Waals surface area contributed by atoms with Crippen molar-refractivity contribution in [2.75, 3.05) is 33.2 Å². The van der Waals surface area contributed by atoms with Gasteiger partial charge in [0.15, 0.2) is 5.96 Å². The number of carbonyl (C=O) groups excluding carboxylic acids is 2. The van der Waals surface area contributed by atoms with Crippen LogP contribution in [-0.4, -0.2) is 60.8 Å². The summed E-state index contributed by atoms with van der Waals surface area (Å²) >= 11 is 0. The van der Waals surface area contributed by atoms with E-state index in [1.807, 2.05) is 17.0 Å². The fourth-order valence-electron chi connectivity index (χ4n) is 4.02. The fraction of sp³-hybridized carbons (Fsp3) is 0.550. The first kappa shape index (κ1) is 19.2. The molecule has 1 aromatic rings. The molecule has 2 aliphatic rings. The number of guanidine groups is 1. The van der Waals surface area contributed by atoms with Crippen molar-refractivity contribution >= 4 is 17.8 Å². The van der Waals surface area contributed by atoms with Crippen molar-refractivity contribution in [1.82, 2.24) is 15.1 Å². The van der Waals surface area contributed by atoms with Gasteiger partial charge in [-0.25, -0.2) is 0 Å². The van der Waals surface area contributed by atoms with Crippen LogP contribution in [0.15, 0.2) is 29.3 Å². The number of nitrogens with two attached hydrogens (primary N) is 1. The normalized spacial score (nSPS) is 20.2. The van der Waals surface area contributed by atoms with Crippen molar-refractivity contribution in [3.8, 4) is 0 Å². The molecule has 27 heavy (non-hydrogen) atoms. The molecule has 3 rings (SSSR count). The van der Waals surface area contributed by atoms with E-state index in [-0.39, 0.29) is 24.3 Å². The molecular formula is C20H29N5O2. The summed E-state index contributed by atoms with van der Waals surface area (Å²) in [7, 11) is 1.72. The molecule has 2 amide bonds. The maximum Gasteiger partial charge on any atom is 0.242 e. The number of fused-ring (bicyclic) bond motifs is 1. The molecule has 0 saturated carbocycles. The van der Waals surface area contributed by atoms with Gasteiger partial charge in [-0.3, -0.25) is 14.6 Å². The highest BCUT2D eigenvalue weighted by Gasteiger charge is 2.25. The van der Waals surface area contributed by atoms with E-state index >= 15 is 0 Å². The SMILES string of the molecule is CN=C(NCC(=O)N1CCc2ccccc2C1)N1CCCC(CC(N)=O)C1. The van der Waals surface area contributed by atoms with Crippen molar-refractivity contribution < 1.29 is 9.59 Å². The Morgan fingerprint density at radius 1 is 1.22 bits per heavy atom. The second-order valence-electron chi connectivity index (χ2n) is 7.36. The average Bonchev–Trinajstić information content (AvgIpc) is 2.67. The van der Waals surface area contributed by atoms with Crippen molar-refractivity contribution in [3.05, 3.63) is 35.4 Å². The molecule has 2 heterocycles. The molecule has 1 aromatic carbocycles. The Kier molecular flexibility index (Phi) is 6.32. The Balaban J connectivity index is 1.52. The Hall–Kier alpha value is -2.57. The smallest absolute Gasteiger partial charge is 0.242 e. The third-order valence-corrected chi connectivity index (χ3v) is 5.40. The number of aliphatic imine (C=N–C) groups is 1. The summed E-state index contributed by atoms with van der Waals surface area (Å²) in [4.78, 5) is 32.2. The van der Waals surface area contributed by atoms with E-state index in [0.29, 0.717) is 13.0 Å². The van der Waals surface area contributed by atoms with E-state index in [1.165, 1.54) is 11.1 Å². The van der Waals surface area contributed by atoms with Crippen molar-refractivity contribution in [1.29, 1.82) is 0 Å². The van der Waals surface area contributed by atoms with Gasteiger partial charge in [-0.1, -0.05) is 24.3 Å². The lowest BCUT2D eigenvalue weighted by Gasteiger charge is -2.35. The van der Waals surface area contributed by atoms with Crippen LogP contribution in [-0.2, 0) is 22.6 Å². The van der Waals surface area contributed by atoms with Gasteiger partial charge in [0.2, 0.25) is 11.8 Å². The van der Waals surface area contributed by atoms with Crippen LogP contribution >= 0.6 is 0 Å². The van der Waals surface area contributed by atoms with E-state index in [9.17, 15) is 9.59 Å². The number of rotatable bonds is 4. The van der Waals surface area contributed by atoms with Crippen molar-refractivity contribution in [2.45, 2.75) is 32.2 Å². The van der Waals surface area contributed by atoms with Gasteiger partial charge < -0.3 is 20.9 Å². The lowest BCUT2D eigenvalue weighted by atomic mass is 9.95. The Bertz CT molecular complexity index is 718. The van der Waals surface area contributed by atoms with Crippen LogP contribution in [0.5, 0.6) is 0 Å². The van der Waals surface area contributed by atoms with Crippen LogP contribution < -0.4 is 11.1 Å². The van der Waals surface area contributed by atoms with Crippen LogP contribution in [0, 0.1) is 5.92 Å². The summed E-state index contributed by atoms with van der Waals surface area (Å²) in [6.07, 6.45) is 3.30. The van der Waals surface area contributed by atoms with Gasteiger partial charge in [-0.2, -0.15) is 0 Å². The van der Waals surface area contributed by atoms with Crippen molar-refractivity contribution in [3.63, 3.8) is 0 Å². The standard InChI is InChI=1S/C20H29N5O2/c1-22-20(25-9-4-5-15(13-25)11-18(21)26)23-12-19(27)24-10-8-16-6-2-3-7-17(16)14-24/h2-3,6-7,15H,4-5,8-14H2,1H3,(H2,21,26)(H,22,23). The molecule has 1 unspecified atom stereocenters. The Morgan fingerprint density at radius 2 is 2.00 bits per heavy atom. The number of amides is 2. The molecule has 2 aliphatic heterocycles. The molecule has 7 nitrogen and oxygen atoms in total. The molecule has 1 atom stereocenters. The summed E-state index contributed by atoms with van der Waals surface area (Å²) < 4.78 is 0. The Morgan fingerprint density at radius 3 is 2.74 bits per heavy atom. The summed E-state index contributed by atoms with van der Waals surface area (Å²) in [6.45, 7) is 3.26. The van der Waals surface area contributed by atoms with Gasteiger partial charge in [0, 0.05) is 39.6 Å². The second kappa shape index (κ2) is 8.88. The summed E-state index contributed by atoms with van der Waals surface area (Å²) in [5, 5.41) is 3.20. The van der Waals surface area contributed by atoms with Crippen LogP contribution in [0.2, 0.25) is 0 Å². The lowest BCUT2D eigenvalue weighted by Crippen LogP contribution is -2.50. The number of piperidine rings is 1. The van der Waals surface area contributed by atoms with E-state index in [1.54, 1.807) is 7.05 Å². The first-order chi connectivity index (χ1) is 13.1. The number of carbonyl (C=O) groups is 2. The molecule has 0 aromatic heterocycles. The molecule has 0 spiro atoms. The maximum atomic E-state index is 12.6. The molecule has 0 bridgehead atoms. The molecule has 146 valence electrons. The number of nitrogens with zero attached hydrogens (tertiary/aromatic N) is 3. The third-order valence-electron chi connectivity index (χ3n) is 5.40. The van der Waals surface area contributed by atoms with Gasteiger partial charge in [-0.15, -0.1) is 0 Å². The minimum absolute atomic E-state index is 0.0800. The summed E-state index contributed by atoms with van der Waals surface area (Å²) in [6, 6.07) is 8.29. The average molecular weight is 371 g/mol. The van der Waals surface area contributed by atoms with E-state index in [2.05, 4.69) is 27.3 Å². The predicted octanol–water partition coefficient (Wildman–Crippen LogP) is 0.734. The lowest BCUT2D eigenvalue weighted by molar-refractivity contribution is -0.130. The molecule has 0 aliphatic carbocycles. The zero-order valence-corrected chi connectivity index (χ0v) is 16.0. The first-order valence-electron chi connectivity index (χ1n) is 9.65. The minimum Gasteiger partial charge on any atom is -0.370 e. The van der Waals surface area contributed by atoms with E-state index in [0.717, 1.165) is 44.9 Å². The first-order valence-corrected chi connectivity index (χ1v) is 9.65. The molecular weight excluding hydrogens is 342 g/mol. The molecule has 1 fully saturated rings. The third kappa shape index (κ3) is 4.99. The van der Waals surface area contributed by atoms with E-state index < -0.39 is 0 Å². The number of likely N-dealkylation sites (tertiary alicyclic amines) is 1. The monoisotopic (exact) mass is 371 g/mol. The minimum atomic E-state index is -0.259. The molecule has 3 N–H and O–H groups in total. The van der Waals surface area contributed by atoms with Gasteiger partial charge in [0.1, 0.15) is 0 Å². The molecule has 7 heteroatoms. The van der Waals surface area contributed by atoms with Crippen LogP contribution in [0.1, 0.15) is 30.4 Å². The zero-order chi connectivity index (χ0) is 19.2. The highest BCUT2D eigenvalue weighted by molar-refractivity contribution is 5.86. The van der Waals surface area contributed by atoms with E-state index in [4.69, 9.17) is 5.73 Å². The number of benzene rings is 1. The number of hydrogen-bond donors (Lipinski definition) is 2. The summed E-state index contributed by atoms with van der Waals surface area (Å²) in [5.74, 6) is 0.792. The summed E-state index contributed by atoms with van der Waals surface area (Å²) in [5.41, 5.74) is 7.90. The largest absolute Gasteiger partial charge is 0.370 e. The molecule has 1 saturated heterocycles. The topological polar surface area (TPSA) is 91.0 Å². The number of nitrogens with one attached hydrogen (secondary N) is 1. The fourth-order valence-corrected chi connectivity index (χ4v) is 4.02. The van der Waals surface area contributed by atoms with Crippen LogP contribution in [0.4, 0.5) is 0 Å². The predicted molar refractivity (Wildman–Crippen MR) is 105 cm³/mol. The van der Waals surface area contributed by atoms with Crippen LogP contribution in [0.3, 0.4) is 0 Å². The van der Waals surface area contributed by atoms with Crippen molar-refractivity contribution in [2.24, 2.45) is 16.6 Å². The highest BCUT2D eigenvalue weighted by atomic mass is 16.2. The quantitative estimate of drug-likeness (QED) is 0.603. The van der Waals surface area contributed by atoms with Gasteiger partial charge in [-0.05, 0) is 36.3 Å². The highest BCUT2D eigenvalue weighted by Crippen LogP contribution is 2.20. The molecule has 0 radical (unpaired) electrons. The second-order valence-corrected chi connectivity index (χ2v) is 7.36. The zero-order valence-electron chi connectivity index (χ0n) is 16.0. The van der Waals surface area contributed by atoms with Gasteiger partial charge in [0.25, 0.3) is 0 Å². The maximum absolute atomic E-state index is 12.6. The number of primary amides is 1. The van der Waals surface area contributed by atoms with Gasteiger partial charge in [0.05, 0.1) is 6.54 Å². The number of hydrogen-bond acceptors (Lipinski definition) is 3. The van der Waals surface area contributed by atoms with Gasteiger partial charge >= 0.3 is 0 Å². The Labute approximate surface area is 160 Å².